The normalized spacial score (nSPS) is 12.6. The quantitative estimate of drug-likeness (QED) is 0.639. The molecular weight excluding hydrogens is 346 g/mol. The molecule has 8 heteroatoms. The van der Waals surface area contributed by atoms with Crippen molar-refractivity contribution in [2.45, 2.75) is 32.9 Å². The number of hydrogen-bond acceptors (Lipinski definition) is 5. The Morgan fingerprint density at radius 3 is 2.32 bits per heavy atom. The third-order valence-electron chi connectivity index (χ3n) is 3.73. The second-order valence-corrected chi connectivity index (χ2v) is 5.88. The van der Waals surface area contributed by atoms with E-state index in [1.165, 1.54) is 0 Å². The molecule has 0 fully saturated rings. The largest absolute Gasteiger partial charge is 0.497 e. The Morgan fingerprint density at radius 1 is 1.16 bits per heavy atom. The molecule has 2 atom stereocenters. The van der Waals surface area contributed by atoms with Gasteiger partial charge in [0.05, 0.1) is 32.8 Å². The molecule has 1 aromatic rings. The van der Waals surface area contributed by atoms with Crippen LogP contribution in [0, 0.1) is 5.92 Å². The fraction of sp³-hybridized carbons (Fsp3) is 0.529. The van der Waals surface area contributed by atoms with Gasteiger partial charge in [-0.05, 0) is 31.0 Å². The Labute approximate surface area is 155 Å². The van der Waals surface area contributed by atoms with Gasteiger partial charge in [0.1, 0.15) is 11.5 Å². The number of methoxy groups -OCH3 is 2. The highest BCUT2D eigenvalue weighted by Gasteiger charge is 2.19. The van der Waals surface area contributed by atoms with E-state index in [0.717, 1.165) is 5.56 Å². The molecule has 142 valence electrons. The lowest BCUT2D eigenvalue weighted by molar-refractivity contribution is -0.127. The SMILES string of the molecule is COc1ccc(OC)c(C(C)NC(=O)CNC(=O)[C@@H](N)C(C)C)c1.Cl. The molecule has 0 saturated heterocycles. The van der Waals surface area contributed by atoms with Crippen molar-refractivity contribution in [1.82, 2.24) is 10.6 Å². The Kier molecular flexibility index (Phi) is 9.93. The van der Waals surface area contributed by atoms with Gasteiger partial charge >= 0.3 is 0 Å². The molecule has 0 spiro atoms. The lowest BCUT2D eigenvalue weighted by Crippen LogP contribution is -2.47. The maximum Gasteiger partial charge on any atom is 0.239 e. The molecule has 1 aromatic carbocycles. The van der Waals surface area contributed by atoms with Crippen molar-refractivity contribution in [3.05, 3.63) is 23.8 Å². The minimum absolute atomic E-state index is 0. The maximum atomic E-state index is 12.0. The van der Waals surface area contributed by atoms with Crippen LogP contribution in [0.5, 0.6) is 11.5 Å². The van der Waals surface area contributed by atoms with Crippen molar-refractivity contribution in [3.63, 3.8) is 0 Å². The van der Waals surface area contributed by atoms with Gasteiger partial charge in [-0.1, -0.05) is 13.8 Å². The van der Waals surface area contributed by atoms with E-state index >= 15 is 0 Å². The summed E-state index contributed by atoms with van der Waals surface area (Å²) in [4.78, 5) is 23.8. The Morgan fingerprint density at radius 2 is 1.80 bits per heavy atom. The molecule has 1 rings (SSSR count). The molecule has 0 aliphatic rings. The van der Waals surface area contributed by atoms with E-state index in [9.17, 15) is 9.59 Å². The Balaban J connectivity index is 0.00000576. The van der Waals surface area contributed by atoms with Crippen molar-refractivity contribution in [1.29, 1.82) is 0 Å². The molecule has 0 aliphatic carbocycles. The van der Waals surface area contributed by atoms with Crippen molar-refractivity contribution in [3.8, 4) is 11.5 Å². The summed E-state index contributed by atoms with van der Waals surface area (Å²) in [6, 6.07) is 4.42. The molecule has 25 heavy (non-hydrogen) atoms. The fourth-order valence-corrected chi connectivity index (χ4v) is 2.14. The summed E-state index contributed by atoms with van der Waals surface area (Å²) in [5.41, 5.74) is 6.52. The van der Waals surface area contributed by atoms with Crippen molar-refractivity contribution in [2.75, 3.05) is 20.8 Å². The number of nitrogens with two attached hydrogens (primary N) is 1. The monoisotopic (exact) mass is 373 g/mol. The Bertz CT molecular complexity index is 581. The van der Waals surface area contributed by atoms with Gasteiger partial charge < -0.3 is 25.8 Å². The first-order valence-corrected chi connectivity index (χ1v) is 7.84. The summed E-state index contributed by atoms with van der Waals surface area (Å²) in [7, 11) is 3.13. The average Bonchev–Trinajstić information content (AvgIpc) is 2.57. The van der Waals surface area contributed by atoms with Crippen LogP contribution in [0.3, 0.4) is 0 Å². The third kappa shape index (κ3) is 6.80. The average molecular weight is 374 g/mol. The molecule has 7 nitrogen and oxygen atoms in total. The predicted octanol–water partition coefficient (Wildman–Crippen LogP) is 1.40. The van der Waals surface area contributed by atoms with E-state index in [0.29, 0.717) is 11.5 Å². The van der Waals surface area contributed by atoms with Gasteiger partial charge in [-0.15, -0.1) is 12.4 Å². The van der Waals surface area contributed by atoms with Gasteiger partial charge in [0.15, 0.2) is 0 Å². The maximum absolute atomic E-state index is 12.0. The topological polar surface area (TPSA) is 103 Å². The van der Waals surface area contributed by atoms with Crippen LogP contribution in [-0.2, 0) is 9.59 Å². The van der Waals surface area contributed by atoms with Crippen LogP contribution in [0.2, 0.25) is 0 Å². The second kappa shape index (κ2) is 10.8. The number of carbonyl (C=O) groups is 2. The van der Waals surface area contributed by atoms with Gasteiger partial charge in [0.2, 0.25) is 11.8 Å². The van der Waals surface area contributed by atoms with Crippen LogP contribution < -0.4 is 25.8 Å². The van der Waals surface area contributed by atoms with Gasteiger partial charge in [0, 0.05) is 5.56 Å². The number of ether oxygens (including phenoxy) is 2. The zero-order chi connectivity index (χ0) is 18.3. The van der Waals surface area contributed by atoms with Crippen LogP contribution in [0.1, 0.15) is 32.4 Å². The number of halogens is 1. The highest BCUT2D eigenvalue weighted by Crippen LogP contribution is 2.29. The van der Waals surface area contributed by atoms with E-state index < -0.39 is 6.04 Å². The standard InChI is InChI=1S/C17H27N3O4.ClH/c1-10(2)16(18)17(22)19-9-15(21)20-11(3)13-8-12(23-4)6-7-14(13)24-5;/h6-8,10-11,16H,9,18H2,1-5H3,(H,19,22)(H,20,21);1H/t11?,16-;/m0./s1. The van der Waals surface area contributed by atoms with Crippen LogP contribution in [0.25, 0.3) is 0 Å². The highest BCUT2D eigenvalue weighted by molar-refractivity contribution is 5.87. The van der Waals surface area contributed by atoms with Crippen molar-refractivity contribution >= 4 is 24.2 Å². The number of benzene rings is 1. The first-order valence-electron chi connectivity index (χ1n) is 7.84. The molecule has 0 radical (unpaired) electrons. The number of hydrogen-bond donors (Lipinski definition) is 3. The lowest BCUT2D eigenvalue weighted by Gasteiger charge is -2.19. The molecule has 4 N–H and O–H groups in total. The number of carbonyl (C=O) groups excluding carboxylic acids is 2. The van der Waals surface area contributed by atoms with E-state index in [-0.39, 0.29) is 42.7 Å². The summed E-state index contributed by atoms with van der Waals surface area (Å²) in [6.07, 6.45) is 0. The van der Waals surface area contributed by atoms with Crippen molar-refractivity contribution < 1.29 is 19.1 Å². The van der Waals surface area contributed by atoms with Crippen LogP contribution >= 0.6 is 12.4 Å². The van der Waals surface area contributed by atoms with E-state index in [1.54, 1.807) is 32.4 Å². The number of nitrogens with one attached hydrogen (secondary N) is 2. The van der Waals surface area contributed by atoms with Gasteiger partial charge in [-0.2, -0.15) is 0 Å². The zero-order valence-electron chi connectivity index (χ0n) is 15.3. The summed E-state index contributed by atoms with van der Waals surface area (Å²) < 4.78 is 10.5. The third-order valence-corrected chi connectivity index (χ3v) is 3.73. The second-order valence-electron chi connectivity index (χ2n) is 5.88. The fourth-order valence-electron chi connectivity index (χ4n) is 2.14. The Hall–Kier alpha value is -1.99. The number of rotatable bonds is 8. The number of amides is 2. The first kappa shape index (κ1) is 23.0. The van der Waals surface area contributed by atoms with Crippen LogP contribution in [0.15, 0.2) is 18.2 Å². The van der Waals surface area contributed by atoms with E-state index in [1.807, 2.05) is 20.8 Å². The van der Waals surface area contributed by atoms with E-state index in [2.05, 4.69) is 10.6 Å². The summed E-state index contributed by atoms with van der Waals surface area (Å²) >= 11 is 0. The van der Waals surface area contributed by atoms with Crippen molar-refractivity contribution in [2.24, 2.45) is 11.7 Å². The van der Waals surface area contributed by atoms with E-state index in [4.69, 9.17) is 15.2 Å². The van der Waals surface area contributed by atoms with Crippen LogP contribution in [0.4, 0.5) is 0 Å². The van der Waals surface area contributed by atoms with Gasteiger partial charge in [-0.25, -0.2) is 0 Å². The minimum Gasteiger partial charge on any atom is -0.497 e. The molecule has 0 aliphatic heterocycles. The van der Waals surface area contributed by atoms with Gasteiger partial charge in [-0.3, -0.25) is 9.59 Å². The molecule has 2 amide bonds. The van der Waals surface area contributed by atoms with Crippen LogP contribution in [-0.4, -0.2) is 38.6 Å². The molecular formula is C17H28ClN3O4. The first-order chi connectivity index (χ1) is 11.3. The molecule has 0 saturated carbocycles. The summed E-state index contributed by atoms with van der Waals surface area (Å²) in [6.45, 7) is 5.40. The molecule has 0 bridgehead atoms. The minimum atomic E-state index is -0.631. The molecule has 1 unspecified atom stereocenters. The summed E-state index contributed by atoms with van der Waals surface area (Å²) in [5.74, 6) is 0.675. The highest BCUT2D eigenvalue weighted by atomic mass is 35.5. The zero-order valence-corrected chi connectivity index (χ0v) is 16.1. The predicted molar refractivity (Wildman–Crippen MR) is 99.2 cm³/mol. The smallest absolute Gasteiger partial charge is 0.239 e. The molecule has 0 aromatic heterocycles. The summed E-state index contributed by atoms with van der Waals surface area (Å²) in [5, 5.41) is 5.36. The molecule has 0 heterocycles. The van der Waals surface area contributed by atoms with Gasteiger partial charge in [0.25, 0.3) is 0 Å². The lowest BCUT2D eigenvalue weighted by atomic mass is 10.1.